The van der Waals surface area contributed by atoms with Crippen LogP contribution < -0.4 is 10.9 Å². The average molecular weight is 437 g/mol. The molecule has 1 aromatic carbocycles. The fourth-order valence-electron chi connectivity index (χ4n) is 3.00. The number of pyridine rings is 1. The molecule has 8 heteroatoms. The number of fused-ring (bicyclic) bond motifs is 1. The van der Waals surface area contributed by atoms with Gasteiger partial charge in [-0.05, 0) is 37.1 Å². The zero-order valence-electron chi connectivity index (χ0n) is 16.5. The van der Waals surface area contributed by atoms with E-state index in [-0.39, 0.29) is 16.7 Å². The summed E-state index contributed by atoms with van der Waals surface area (Å²) >= 11 is 2.87. The van der Waals surface area contributed by atoms with Crippen LogP contribution in [0.2, 0.25) is 0 Å². The predicted octanol–water partition coefficient (Wildman–Crippen LogP) is 4.62. The van der Waals surface area contributed by atoms with Gasteiger partial charge in [0.15, 0.2) is 0 Å². The summed E-state index contributed by atoms with van der Waals surface area (Å²) in [6.07, 6.45) is 1.66. The van der Waals surface area contributed by atoms with E-state index >= 15 is 0 Å². The lowest BCUT2D eigenvalue weighted by Crippen LogP contribution is -2.23. The molecule has 1 amide bonds. The predicted molar refractivity (Wildman–Crippen MR) is 124 cm³/mol. The average Bonchev–Trinajstić information content (AvgIpc) is 3.17. The molecule has 4 aromatic rings. The van der Waals surface area contributed by atoms with Crippen LogP contribution in [0, 0.1) is 6.92 Å². The third-order valence-corrected chi connectivity index (χ3v) is 6.61. The maximum absolute atomic E-state index is 12.7. The van der Waals surface area contributed by atoms with Crippen LogP contribution in [0.15, 0.2) is 58.8 Å². The molecule has 0 aliphatic rings. The molecule has 1 unspecified atom stereocenters. The van der Waals surface area contributed by atoms with E-state index in [1.807, 2.05) is 61.7 Å². The first-order valence-electron chi connectivity index (χ1n) is 9.42. The largest absolute Gasteiger partial charge is 0.310 e. The van der Waals surface area contributed by atoms with E-state index in [1.165, 1.54) is 23.1 Å². The minimum Gasteiger partial charge on any atom is -0.310 e. The molecule has 3 heterocycles. The zero-order chi connectivity index (χ0) is 21.1. The molecule has 0 aliphatic heterocycles. The van der Waals surface area contributed by atoms with Crippen molar-refractivity contribution in [2.24, 2.45) is 0 Å². The minimum atomic E-state index is -0.323. The van der Waals surface area contributed by atoms with Crippen molar-refractivity contribution >= 4 is 45.0 Å². The highest BCUT2D eigenvalue weighted by atomic mass is 32.2. The maximum Gasteiger partial charge on any atom is 0.260 e. The van der Waals surface area contributed by atoms with Crippen molar-refractivity contribution in [2.75, 3.05) is 5.32 Å². The lowest BCUT2D eigenvalue weighted by atomic mass is 10.1. The highest BCUT2D eigenvalue weighted by molar-refractivity contribution is 7.99. The van der Waals surface area contributed by atoms with Gasteiger partial charge in [-0.2, -0.15) is 0 Å². The molecule has 0 bridgehead atoms. The summed E-state index contributed by atoms with van der Waals surface area (Å²) in [6.45, 7) is 3.77. The second-order valence-electron chi connectivity index (χ2n) is 6.87. The van der Waals surface area contributed by atoms with Crippen LogP contribution >= 0.6 is 23.1 Å². The minimum absolute atomic E-state index is 0.135. The van der Waals surface area contributed by atoms with Crippen LogP contribution in [0.4, 0.5) is 5.82 Å². The quantitative estimate of drug-likeness (QED) is 0.461. The van der Waals surface area contributed by atoms with Gasteiger partial charge in [-0.15, -0.1) is 23.1 Å². The molecule has 6 nitrogen and oxygen atoms in total. The summed E-state index contributed by atoms with van der Waals surface area (Å²) in [5, 5.41) is 5.07. The van der Waals surface area contributed by atoms with Gasteiger partial charge in [0.25, 0.3) is 5.56 Å². The lowest BCUT2D eigenvalue weighted by Gasteiger charge is -2.11. The summed E-state index contributed by atoms with van der Waals surface area (Å²) < 4.78 is 0. The summed E-state index contributed by atoms with van der Waals surface area (Å²) in [6, 6.07) is 13.5. The number of carbonyl (C=O) groups excluding carboxylic acids is 1. The smallest absolute Gasteiger partial charge is 0.260 e. The number of benzene rings is 1. The van der Waals surface area contributed by atoms with Gasteiger partial charge in [-0.25, -0.2) is 9.97 Å². The van der Waals surface area contributed by atoms with Crippen molar-refractivity contribution < 1.29 is 4.79 Å². The molecule has 3 aromatic heterocycles. The van der Waals surface area contributed by atoms with Crippen LogP contribution in [0.3, 0.4) is 0 Å². The summed E-state index contributed by atoms with van der Waals surface area (Å²) in [4.78, 5) is 37.5. The number of rotatable bonds is 6. The first-order chi connectivity index (χ1) is 14.5. The van der Waals surface area contributed by atoms with Crippen LogP contribution in [-0.4, -0.2) is 26.1 Å². The molecular weight excluding hydrogens is 416 g/mol. The Hall–Kier alpha value is -2.97. The monoisotopic (exact) mass is 436 g/mol. The molecule has 0 fully saturated rings. The Bertz CT molecular complexity index is 1250. The number of aromatic nitrogens is 3. The number of hydrogen-bond donors (Lipinski definition) is 2. The van der Waals surface area contributed by atoms with E-state index < -0.39 is 0 Å². The molecule has 1 atom stereocenters. The van der Waals surface area contributed by atoms with Crippen LogP contribution in [-0.2, 0) is 10.5 Å². The number of thiophene rings is 1. The third-order valence-electron chi connectivity index (χ3n) is 4.58. The van der Waals surface area contributed by atoms with Gasteiger partial charge in [-0.3, -0.25) is 9.59 Å². The Labute approximate surface area is 181 Å². The van der Waals surface area contributed by atoms with E-state index in [9.17, 15) is 9.59 Å². The van der Waals surface area contributed by atoms with Crippen molar-refractivity contribution in [1.82, 2.24) is 15.0 Å². The van der Waals surface area contributed by atoms with Gasteiger partial charge >= 0.3 is 0 Å². The molecule has 0 saturated carbocycles. The molecule has 0 radical (unpaired) electrons. The molecule has 0 spiro atoms. The van der Waals surface area contributed by atoms with Crippen molar-refractivity contribution in [3.8, 4) is 11.1 Å². The molecule has 2 N–H and O–H groups in total. The Morgan fingerprint density at radius 1 is 1.27 bits per heavy atom. The normalized spacial score (nSPS) is 12.1. The summed E-state index contributed by atoms with van der Waals surface area (Å²) in [5.41, 5.74) is 2.76. The molecule has 0 aliphatic carbocycles. The summed E-state index contributed by atoms with van der Waals surface area (Å²) in [7, 11) is 0. The van der Waals surface area contributed by atoms with Crippen molar-refractivity contribution in [3.05, 3.63) is 75.8 Å². The standard InChI is InChI=1S/C22H20N4O2S2/c1-13-8-9-23-17(10-13)24-20(27)14(2)29-12-18-25-21(28)19-16(11-30-22(19)26-18)15-6-4-3-5-7-15/h3-11,14H,12H2,1-2H3,(H,23,24,27)(H,25,26,28). The number of hydrogen-bond acceptors (Lipinski definition) is 6. The maximum atomic E-state index is 12.7. The third kappa shape index (κ3) is 4.44. The Balaban J connectivity index is 1.47. The number of anilines is 1. The number of aryl methyl sites for hydroxylation is 1. The van der Waals surface area contributed by atoms with E-state index in [0.717, 1.165) is 16.7 Å². The SMILES string of the molecule is Cc1ccnc(NC(=O)C(C)SCc2nc3scc(-c4ccccc4)c3c(=O)[nH]2)c1. The van der Waals surface area contributed by atoms with Gasteiger partial charge in [-0.1, -0.05) is 30.3 Å². The highest BCUT2D eigenvalue weighted by Gasteiger charge is 2.17. The van der Waals surface area contributed by atoms with Gasteiger partial charge in [0.1, 0.15) is 16.5 Å². The second kappa shape index (κ2) is 8.81. The lowest BCUT2D eigenvalue weighted by molar-refractivity contribution is -0.115. The molecule has 0 saturated heterocycles. The van der Waals surface area contributed by atoms with E-state index in [1.54, 1.807) is 6.20 Å². The van der Waals surface area contributed by atoms with Crippen LogP contribution in [0.5, 0.6) is 0 Å². The second-order valence-corrected chi connectivity index (χ2v) is 9.06. The van der Waals surface area contributed by atoms with Gasteiger partial charge in [0.2, 0.25) is 5.91 Å². The zero-order valence-corrected chi connectivity index (χ0v) is 18.1. The first kappa shape index (κ1) is 20.3. The van der Waals surface area contributed by atoms with E-state index in [0.29, 0.717) is 27.6 Å². The number of thioether (sulfide) groups is 1. The van der Waals surface area contributed by atoms with Crippen molar-refractivity contribution in [1.29, 1.82) is 0 Å². The van der Waals surface area contributed by atoms with Gasteiger partial charge in [0.05, 0.1) is 16.4 Å². The fourth-order valence-corrected chi connectivity index (χ4v) is 4.73. The molecule has 152 valence electrons. The van der Waals surface area contributed by atoms with E-state index in [2.05, 4.69) is 20.3 Å². The molecule has 30 heavy (non-hydrogen) atoms. The van der Waals surface area contributed by atoms with E-state index in [4.69, 9.17) is 0 Å². The number of amides is 1. The molecular formula is C22H20N4O2S2. The number of carbonyl (C=O) groups is 1. The van der Waals surface area contributed by atoms with Gasteiger partial charge in [0, 0.05) is 17.1 Å². The van der Waals surface area contributed by atoms with Crippen LogP contribution in [0.25, 0.3) is 21.3 Å². The Morgan fingerprint density at radius 2 is 2.07 bits per heavy atom. The Kier molecular flexibility index (Phi) is 5.96. The fraction of sp³-hybridized carbons (Fsp3) is 0.182. The van der Waals surface area contributed by atoms with Crippen LogP contribution in [0.1, 0.15) is 18.3 Å². The van der Waals surface area contributed by atoms with Crippen molar-refractivity contribution in [3.63, 3.8) is 0 Å². The number of nitrogens with zero attached hydrogens (tertiary/aromatic N) is 2. The number of H-pyrrole nitrogens is 1. The van der Waals surface area contributed by atoms with Crippen molar-refractivity contribution in [2.45, 2.75) is 24.9 Å². The molecule has 4 rings (SSSR count). The Morgan fingerprint density at radius 3 is 2.83 bits per heavy atom. The number of nitrogens with one attached hydrogen (secondary N) is 2. The van der Waals surface area contributed by atoms with Gasteiger partial charge < -0.3 is 10.3 Å². The highest BCUT2D eigenvalue weighted by Crippen LogP contribution is 2.30. The summed E-state index contributed by atoms with van der Waals surface area (Å²) in [5.74, 6) is 1.39. The first-order valence-corrected chi connectivity index (χ1v) is 11.3. The topological polar surface area (TPSA) is 87.7 Å². The number of aromatic amines is 1.